The van der Waals surface area contributed by atoms with Crippen molar-refractivity contribution >= 4 is 23.2 Å². The van der Waals surface area contributed by atoms with Crippen LogP contribution in [0.15, 0.2) is 24.3 Å². The number of halogens is 1. The summed E-state index contributed by atoms with van der Waals surface area (Å²) in [4.78, 5) is 17.1. The van der Waals surface area contributed by atoms with E-state index in [0.29, 0.717) is 18.3 Å². The molecule has 2 unspecified atom stereocenters. The van der Waals surface area contributed by atoms with Crippen molar-refractivity contribution in [3.63, 3.8) is 0 Å². The number of likely N-dealkylation sites (N-methyl/N-ethyl adjacent to an activating group) is 1. The highest BCUT2D eigenvalue weighted by molar-refractivity contribution is 6.19. The summed E-state index contributed by atoms with van der Waals surface area (Å²) in [6.45, 7) is 2.07. The van der Waals surface area contributed by atoms with Crippen molar-refractivity contribution in [3.05, 3.63) is 29.8 Å². The van der Waals surface area contributed by atoms with Crippen molar-refractivity contribution in [3.8, 4) is 0 Å². The number of amides is 1. The Hall–Kier alpha value is -1.06. The summed E-state index contributed by atoms with van der Waals surface area (Å²) in [5.41, 5.74) is 2.22. The van der Waals surface area contributed by atoms with E-state index in [0.717, 1.165) is 18.5 Å². The summed E-state index contributed by atoms with van der Waals surface area (Å²) in [6, 6.07) is 8.93. The van der Waals surface area contributed by atoms with E-state index < -0.39 is 0 Å². The first-order chi connectivity index (χ1) is 11.0. The van der Waals surface area contributed by atoms with Crippen LogP contribution in [0.4, 0.5) is 5.69 Å². The summed E-state index contributed by atoms with van der Waals surface area (Å²) < 4.78 is 0. The third kappa shape index (κ3) is 4.71. The van der Waals surface area contributed by atoms with Gasteiger partial charge in [-0.3, -0.25) is 4.79 Å². The first-order valence-electron chi connectivity index (χ1n) is 8.65. The maximum Gasteiger partial charge on any atom is 0.228 e. The number of hydrogen-bond donors (Lipinski definition) is 0. The number of aryl methyl sites for hydroxylation is 1. The van der Waals surface area contributed by atoms with Gasteiger partial charge < -0.3 is 9.80 Å². The number of rotatable bonds is 5. The summed E-state index contributed by atoms with van der Waals surface area (Å²) >= 11 is 5.87. The van der Waals surface area contributed by atoms with Crippen LogP contribution in [-0.2, 0) is 4.79 Å². The molecule has 2 rings (SSSR count). The van der Waals surface area contributed by atoms with Crippen LogP contribution < -0.4 is 4.90 Å². The molecule has 1 aromatic carbocycles. The van der Waals surface area contributed by atoms with Gasteiger partial charge in [0.1, 0.15) is 0 Å². The minimum atomic E-state index is 0.141. The van der Waals surface area contributed by atoms with Gasteiger partial charge in [-0.05, 0) is 46.0 Å². The van der Waals surface area contributed by atoms with Crippen LogP contribution in [0.5, 0.6) is 0 Å². The van der Waals surface area contributed by atoms with Gasteiger partial charge in [0, 0.05) is 24.0 Å². The second-order valence-electron chi connectivity index (χ2n) is 6.77. The van der Waals surface area contributed by atoms with E-state index in [-0.39, 0.29) is 11.9 Å². The largest absolute Gasteiger partial charge is 0.308 e. The first-order valence-corrected chi connectivity index (χ1v) is 9.19. The minimum absolute atomic E-state index is 0.141. The molecule has 0 spiro atoms. The lowest BCUT2D eigenvalue weighted by Crippen LogP contribution is -2.52. The van der Waals surface area contributed by atoms with Crippen LogP contribution >= 0.6 is 11.6 Å². The van der Waals surface area contributed by atoms with Crippen LogP contribution in [0.2, 0.25) is 0 Å². The van der Waals surface area contributed by atoms with Crippen molar-refractivity contribution < 1.29 is 4.79 Å². The third-order valence-corrected chi connectivity index (χ3v) is 5.02. The lowest BCUT2D eigenvalue weighted by atomic mass is 9.98. The fraction of sp³-hybridized carbons (Fsp3) is 0.632. The summed E-state index contributed by atoms with van der Waals surface area (Å²) in [5, 5.41) is 0. The Morgan fingerprint density at radius 3 is 2.26 bits per heavy atom. The van der Waals surface area contributed by atoms with Gasteiger partial charge in [0.05, 0.1) is 6.04 Å². The number of alkyl halides is 1. The molecule has 1 aromatic rings. The predicted molar refractivity (Wildman–Crippen MR) is 98.4 cm³/mol. The van der Waals surface area contributed by atoms with Crippen LogP contribution in [-0.4, -0.2) is 42.9 Å². The topological polar surface area (TPSA) is 23.6 Å². The molecule has 1 fully saturated rings. The Morgan fingerprint density at radius 1 is 1.09 bits per heavy atom. The molecule has 0 aromatic heterocycles. The Labute approximate surface area is 145 Å². The number of nitrogens with zero attached hydrogens (tertiary/aromatic N) is 2. The van der Waals surface area contributed by atoms with Crippen molar-refractivity contribution in [1.29, 1.82) is 0 Å². The zero-order valence-corrected chi connectivity index (χ0v) is 15.4. The van der Waals surface area contributed by atoms with Crippen molar-refractivity contribution in [2.24, 2.45) is 0 Å². The maximum atomic E-state index is 12.8. The molecule has 4 heteroatoms. The fourth-order valence-electron chi connectivity index (χ4n) is 3.60. The van der Waals surface area contributed by atoms with E-state index in [4.69, 9.17) is 11.6 Å². The molecular formula is C19H29ClN2O. The van der Waals surface area contributed by atoms with E-state index in [1.165, 1.54) is 24.8 Å². The molecule has 2 atom stereocenters. The molecule has 1 amide bonds. The number of carbonyl (C=O) groups is 1. The first kappa shape index (κ1) is 18.3. The summed E-state index contributed by atoms with van der Waals surface area (Å²) in [5.74, 6) is 0.517. The Bertz CT molecular complexity index is 501. The second kappa shape index (κ2) is 8.70. The molecule has 0 N–H and O–H groups in total. The number of hydrogen-bond acceptors (Lipinski definition) is 2. The fourth-order valence-corrected chi connectivity index (χ4v) is 3.76. The SMILES string of the molecule is Cc1ccc(N(C(=O)CCCl)C2CCCCCC2N(C)C)cc1. The van der Waals surface area contributed by atoms with Gasteiger partial charge in [0.2, 0.25) is 5.91 Å². The summed E-state index contributed by atoms with van der Waals surface area (Å²) in [7, 11) is 4.25. The quantitative estimate of drug-likeness (QED) is 0.593. The molecule has 1 aliphatic carbocycles. The van der Waals surface area contributed by atoms with Crippen molar-refractivity contribution in [1.82, 2.24) is 4.90 Å². The zero-order chi connectivity index (χ0) is 16.8. The third-order valence-electron chi connectivity index (χ3n) is 4.83. The minimum Gasteiger partial charge on any atom is -0.308 e. The van der Waals surface area contributed by atoms with E-state index in [1.807, 2.05) is 4.90 Å². The highest BCUT2D eigenvalue weighted by Crippen LogP contribution is 2.30. The monoisotopic (exact) mass is 336 g/mol. The lowest BCUT2D eigenvalue weighted by Gasteiger charge is -2.39. The van der Waals surface area contributed by atoms with Gasteiger partial charge >= 0.3 is 0 Å². The standard InChI is InChI=1S/C19H29ClN2O/c1-15-9-11-16(12-10-15)22(19(23)13-14-20)18-8-6-4-5-7-17(18)21(2)3/h9-12,17-18H,4-8,13-14H2,1-3H3. The van der Waals surface area contributed by atoms with Gasteiger partial charge in [-0.15, -0.1) is 11.6 Å². The summed E-state index contributed by atoms with van der Waals surface area (Å²) in [6.07, 6.45) is 6.29. The van der Waals surface area contributed by atoms with E-state index >= 15 is 0 Å². The molecule has 0 heterocycles. The van der Waals surface area contributed by atoms with E-state index in [2.05, 4.69) is 50.2 Å². The van der Waals surface area contributed by atoms with Crippen LogP contribution in [0.25, 0.3) is 0 Å². The van der Waals surface area contributed by atoms with Crippen LogP contribution in [0.3, 0.4) is 0 Å². The Morgan fingerprint density at radius 2 is 1.70 bits per heavy atom. The average Bonchev–Trinajstić information content (AvgIpc) is 2.76. The molecule has 0 radical (unpaired) electrons. The van der Waals surface area contributed by atoms with E-state index in [1.54, 1.807) is 0 Å². The van der Waals surface area contributed by atoms with Crippen LogP contribution in [0, 0.1) is 6.92 Å². The van der Waals surface area contributed by atoms with Gasteiger partial charge in [-0.2, -0.15) is 0 Å². The highest BCUT2D eigenvalue weighted by Gasteiger charge is 2.33. The van der Waals surface area contributed by atoms with Gasteiger partial charge in [-0.1, -0.05) is 37.0 Å². The molecule has 0 saturated heterocycles. The molecule has 0 bridgehead atoms. The molecular weight excluding hydrogens is 308 g/mol. The molecule has 0 aliphatic heterocycles. The lowest BCUT2D eigenvalue weighted by molar-refractivity contribution is -0.119. The highest BCUT2D eigenvalue weighted by atomic mass is 35.5. The molecule has 23 heavy (non-hydrogen) atoms. The molecule has 3 nitrogen and oxygen atoms in total. The van der Waals surface area contributed by atoms with Gasteiger partial charge in [0.25, 0.3) is 0 Å². The van der Waals surface area contributed by atoms with Gasteiger partial charge in [0.15, 0.2) is 0 Å². The molecule has 1 saturated carbocycles. The van der Waals surface area contributed by atoms with Crippen LogP contribution in [0.1, 0.15) is 44.1 Å². The Balaban J connectivity index is 2.37. The van der Waals surface area contributed by atoms with E-state index in [9.17, 15) is 4.79 Å². The van der Waals surface area contributed by atoms with Crippen molar-refractivity contribution in [2.45, 2.75) is 57.5 Å². The normalized spacial score (nSPS) is 22.0. The maximum absolute atomic E-state index is 12.8. The number of anilines is 1. The smallest absolute Gasteiger partial charge is 0.228 e. The zero-order valence-electron chi connectivity index (χ0n) is 14.6. The van der Waals surface area contributed by atoms with Crippen molar-refractivity contribution in [2.75, 3.05) is 24.9 Å². The predicted octanol–water partition coefficient (Wildman–Crippen LogP) is 4.22. The van der Waals surface area contributed by atoms with Gasteiger partial charge in [-0.25, -0.2) is 0 Å². The molecule has 128 valence electrons. The Kier molecular flexibility index (Phi) is 6.91. The second-order valence-corrected chi connectivity index (χ2v) is 7.15. The average molecular weight is 337 g/mol. The number of carbonyl (C=O) groups excluding carboxylic acids is 1. The number of benzene rings is 1. The molecule has 1 aliphatic rings.